The molecule has 7 heteroatoms. The van der Waals surface area contributed by atoms with Gasteiger partial charge in [-0.1, -0.05) is 0 Å². The maximum absolute atomic E-state index is 11.9. The van der Waals surface area contributed by atoms with E-state index in [0.717, 1.165) is 10.7 Å². The van der Waals surface area contributed by atoms with Gasteiger partial charge in [0.25, 0.3) is 0 Å². The molecule has 2 aromatic rings. The first-order valence-electron chi connectivity index (χ1n) is 6.15. The van der Waals surface area contributed by atoms with Gasteiger partial charge in [0.15, 0.2) is 14.8 Å². The predicted octanol–water partition coefficient (Wildman–Crippen LogP) is 1.33. The Labute approximate surface area is 115 Å². The number of nitrogens with zero attached hydrogens (tertiary/aromatic N) is 2. The highest BCUT2D eigenvalue weighted by molar-refractivity contribution is 7.91. The molecule has 5 nitrogen and oxygen atoms in total. The monoisotopic (exact) mass is 298 g/mol. The summed E-state index contributed by atoms with van der Waals surface area (Å²) in [5.74, 6) is 0.469. The smallest absolute Gasteiger partial charge is 0.193 e. The molecule has 1 atom stereocenters. The molecular weight excluding hydrogens is 284 g/mol. The van der Waals surface area contributed by atoms with Gasteiger partial charge in [-0.15, -0.1) is 11.3 Å². The number of fused-ring (bicyclic) bond motifs is 1. The van der Waals surface area contributed by atoms with Gasteiger partial charge in [-0.2, -0.15) is 0 Å². The zero-order chi connectivity index (χ0) is 13.5. The fourth-order valence-corrected chi connectivity index (χ4v) is 5.07. The van der Waals surface area contributed by atoms with Crippen molar-refractivity contribution in [2.24, 2.45) is 5.92 Å². The number of thiazole rings is 1. The Morgan fingerprint density at radius 1 is 1.53 bits per heavy atom. The molecule has 0 aromatic carbocycles. The molecule has 0 saturated carbocycles. The number of imidazole rings is 1. The number of hydrogen-bond donors (Lipinski definition) is 0. The lowest BCUT2D eigenvalue weighted by Crippen LogP contribution is -2.12. The van der Waals surface area contributed by atoms with Gasteiger partial charge in [-0.05, 0) is 12.3 Å². The predicted molar refractivity (Wildman–Crippen MR) is 73.2 cm³/mol. The molecule has 0 N–H and O–H groups in total. The van der Waals surface area contributed by atoms with E-state index >= 15 is 0 Å². The summed E-state index contributed by atoms with van der Waals surface area (Å²) in [5, 5.41) is 1.94. The summed E-state index contributed by atoms with van der Waals surface area (Å²) >= 11 is 1.53. The SMILES string of the molecule is O=C(Cc1cn2ccsc2n1)CC1CCS(=O)(=O)C1. The van der Waals surface area contributed by atoms with Crippen molar-refractivity contribution < 1.29 is 13.2 Å². The van der Waals surface area contributed by atoms with Crippen LogP contribution in [0.3, 0.4) is 0 Å². The summed E-state index contributed by atoms with van der Waals surface area (Å²) in [6.07, 6.45) is 5.03. The molecule has 2 aromatic heterocycles. The van der Waals surface area contributed by atoms with Crippen molar-refractivity contribution in [3.63, 3.8) is 0 Å². The molecule has 0 bridgehead atoms. The normalized spacial score (nSPS) is 22.0. The third-order valence-electron chi connectivity index (χ3n) is 3.36. The van der Waals surface area contributed by atoms with Crippen LogP contribution in [0.5, 0.6) is 0 Å². The quantitative estimate of drug-likeness (QED) is 0.854. The largest absolute Gasteiger partial charge is 0.299 e. The third kappa shape index (κ3) is 2.87. The van der Waals surface area contributed by atoms with E-state index in [-0.39, 0.29) is 23.2 Å². The number of sulfone groups is 1. The van der Waals surface area contributed by atoms with E-state index in [9.17, 15) is 13.2 Å². The van der Waals surface area contributed by atoms with Crippen molar-refractivity contribution in [3.05, 3.63) is 23.5 Å². The van der Waals surface area contributed by atoms with E-state index < -0.39 is 9.84 Å². The summed E-state index contributed by atoms with van der Waals surface area (Å²) in [7, 11) is -2.90. The number of aromatic nitrogens is 2. The van der Waals surface area contributed by atoms with Crippen LogP contribution in [-0.2, 0) is 21.1 Å². The summed E-state index contributed by atoms with van der Waals surface area (Å²) in [6.45, 7) is 0. The van der Waals surface area contributed by atoms with Crippen molar-refractivity contribution in [2.45, 2.75) is 19.3 Å². The molecule has 1 unspecified atom stereocenters. The second-order valence-corrected chi connectivity index (χ2v) is 8.12. The topological polar surface area (TPSA) is 68.5 Å². The summed E-state index contributed by atoms with van der Waals surface area (Å²) in [6, 6.07) is 0. The molecule has 19 heavy (non-hydrogen) atoms. The van der Waals surface area contributed by atoms with Gasteiger partial charge >= 0.3 is 0 Å². The van der Waals surface area contributed by atoms with Crippen LogP contribution in [0.4, 0.5) is 0 Å². The van der Waals surface area contributed by atoms with E-state index in [1.165, 1.54) is 11.3 Å². The van der Waals surface area contributed by atoms with E-state index in [1.807, 2.05) is 22.2 Å². The van der Waals surface area contributed by atoms with Crippen LogP contribution in [-0.4, -0.2) is 35.1 Å². The highest BCUT2D eigenvalue weighted by atomic mass is 32.2. The van der Waals surface area contributed by atoms with Crippen molar-refractivity contribution in [1.29, 1.82) is 0 Å². The van der Waals surface area contributed by atoms with Gasteiger partial charge < -0.3 is 0 Å². The van der Waals surface area contributed by atoms with Crippen LogP contribution >= 0.6 is 11.3 Å². The standard InChI is InChI=1S/C12H14N2O3S2/c15-11(5-9-1-4-19(16,17)8-9)6-10-7-14-2-3-18-12(14)13-10/h2-3,7,9H,1,4-6,8H2. The van der Waals surface area contributed by atoms with Gasteiger partial charge in [0, 0.05) is 24.2 Å². The van der Waals surface area contributed by atoms with Gasteiger partial charge in [0.05, 0.1) is 23.6 Å². The average molecular weight is 298 g/mol. The molecule has 1 saturated heterocycles. The lowest BCUT2D eigenvalue weighted by atomic mass is 10.00. The number of rotatable bonds is 4. The average Bonchev–Trinajstić information content (AvgIpc) is 2.93. The second-order valence-electron chi connectivity index (χ2n) is 5.01. The molecule has 102 valence electrons. The molecule has 0 radical (unpaired) electrons. The summed E-state index contributed by atoms with van der Waals surface area (Å²) in [5.41, 5.74) is 0.762. The minimum absolute atomic E-state index is 0.00114. The van der Waals surface area contributed by atoms with Gasteiger partial charge in [-0.25, -0.2) is 13.4 Å². The molecule has 1 aliphatic heterocycles. The van der Waals surface area contributed by atoms with Gasteiger partial charge in [0.1, 0.15) is 5.78 Å². The number of carbonyl (C=O) groups excluding carboxylic acids is 1. The number of hydrogen-bond acceptors (Lipinski definition) is 5. The van der Waals surface area contributed by atoms with Crippen LogP contribution in [0.1, 0.15) is 18.5 Å². The molecule has 1 aliphatic rings. The molecule has 1 fully saturated rings. The highest BCUT2D eigenvalue weighted by Gasteiger charge is 2.29. The molecule has 0 spiro atoms. The first-order chi connectivity index (χ1) is 9.02. The first-order valence-corrected chi connectivity index (χ1v) is 8.85. The van der Waals surface area contributed by atoms with Crippen molar-refractivity contribution in [1.82, 2.24) is 9.38 Å². The maximum Gasteiger partial charge on any atom is 0.193 e. The van der Waals surface area contributed by atoms with Crippen molar-refractivity contribution in [2.75, 3.05) is 11.5 Å². The minimum atomic E-state index is -2.90. The van der Waals surface area contributed by atoms with Crippen LogP contribution in [0, 0.1) is 5.92 Å². The fourth-order valence-electron chi connectivity index (χ4n) is 2.49. The van der Waals surface area contributed by atoms with Crippen molar-refractivity contribution >= 4 is 31.9 Å². The van der Waals surface area contributed by atoms with E-state index in [2.05, 4.69) is 4.98 Å². The Morgan fingerprint density at radius 2 is 2.37 bits per heavy atom. The van der Waals surface area contributed by atoms with Crippen molar-refractivity contribution in [3.8, 4) is 0 Å². The van der Waals surface area contributed by atoms with Gasteiger partial charge in [0.2, 0.25) is 0 Å². The van der Waals surface area contributed by atoms with Gasteiger partial charge in [-0.3, -0.25) is 9.20 Å². The Kier molecular flexibility index (Phi) is 3.18. The fraction of sp³-hybridized carbons (Fsp3) is 0.500. The lowest BCUT2D eigenvalue weighted by molar-refractivity contribution is -0.119. The number of carbonyl (C=O) groups is 1. The summed E-state index contributed by atoms with van der Waals surface area (Å²) in [4.78, 5) is 17.2. The highest BCUT2D eigenvalue weighted by Crippen LogP contribution is 2.22. The van der Waals surface area contributed by atoms with E-state index in [4.69, 9.17) is 0 Å². The zero-order valence-electron chi connectivity index (χ0n) is 10.3. The first kappa shape index (κ1) is 12.8. The Bertz CT molecular complexity index is 686. The second kappa shape index (κ2) is 4.72. The third-order valence-corrected chi connectivity index (χ3v) is 5.97. The number of Topliss-reactive ketones (excluding diaryl/α,β-unsaturated/α-hetero) is 1. The zero-order valence-corrected chi connectivity index (χ0v) is 11.9. The van der Waals surface area contributed by atoms with Crippen LogP contribution < -0.4 is 0 Å². The van der Waals surface area contributed by atoms with Crippen LogP contribution in [0.25, 0.3) is 4.96 Å². The minimum Gasteiger partial charge on any atom is -0.299 e. The number of ketones is 1. The maximum atomic E-state index is 11.9. The van der Waals surface area contributed by atoms with Crippen LogP contribution in [0.2, 0.25) is 0 Å². The lowest BCUT2D eigenvalue weighted by Gasteiger charge is -2.04. The Hall–Kier alpha value is -1.21. The van der Waals surface area contributed by atoms with Crippen LogP contribution in [0.15, 0.2) is 17.8 Å². The molecule has 0 amide bonds. The molecule has 3 heterocycles. The van der Waals surface area contributed by atoms with E-state index in [1.54, 1.807) is 0 Å². The molecular formula is C12H14N2O3S2. The van der Waals surface area contributed by atoms with E-state index in [0.29, 0.717) is 19.3 Å². The Balaban J connectivity index is 1.61. The summed E-state index contributed by atoms with van der Waals surface area (Å²) < 4.78 is 24.6. The Morgan fingerprint density at radius 3 is 3.05 bits per heavy atom. The molecule has 0 aliphatic carbocycles. The molecule has 3 rings (SSSR count).